The van der Waals surface area contributed by atoms with E-state index in [2.05, 4.69) is 30.8 Å². The molecule has 0 atom stereocenters. The van der Waals surface area contributed by atoms with Crippen molar-refractivity contribution in [2.45, 2.75) is 20.0 Å². The Morgan fingerprint density at radius 3 is 2.81 bits per heavy atom. The van der Waals surface area contributed by atoms with Gasteiger partial charge in [0.1, 0.15) is 11.6 Å². The fourth-order valence-corrected chi connectivity index (χ4v) is 2.40. The SMILES string of the molecule is CCNC(=NCc1ccccc1OC)NCc1nc(-c2ccco2)n[nH]1.I. The summed E-state index contributed by atoms with van der Waals surface area (Å²) in [5.74, 6) is 3.37. The maximum atomic E-state index is 5.36. The molecule has 0 aliphatic carbocycles. The number of nitrogens with zero attached hydrogens (tertiary/aromatic N) is 3. The first kappa shape index (κ1) is 20.7. The van der Waals surface area contributed by atoms with Gasteiger partial charge in [0.05, 0.1) is 26.5 Å². The zero-order chi connectivity index (χ0) is 18.2. The van der Waals surface area contributed by atoms with Crippen LogP contribution < -0.4 is 15.4 Å². The summed E-state index contributed by atoms with van der Waals surface area (Å²) < 4.78 is 10.7. The Morgan fingerprint density at radius 2 is 2.07 bits per heavy atom. The number of H-pyrrole nitrogens is 1. The van der Waals surface area contributed by atoms with Crippen LogP contribution in [0.15, 0.2) is 52.1 Å². The maximum Gasteiger partial charge on any atom is 0.216 e. The Kier molecular flexibility index (Phi) is 8.11. The molecule has 0 spiro atoms. The minimum atomic E-state index is 0. The molecule has 0 aliphatic heterocycles. The van der Waals surface area contributed by atoms with Gasteiger partial charge < -0.3 is 19.8 Å². The summed E-state index contributed by atoms with van der Waals surface area (Å²) >= 11 is 0. The first-order chi connectivity index (χ1) is 12.8. The van der Waals surface area contributed by atoms with Crippen LogP contribution in [0, 0.1) is 0 Å². The number of furan rings is 1. The molecule has 0 radical (unpaired) electrons. The molecule has 8 nitrogen and oxygen atoms in total. The van der Waals surface area contributed by atoms with E-state index in [0.29, 0.717) is 36.5 Å². The second-order valence-electron chi connectivity index (χ2n) is 5.44. The van der Waals surface area contributed by atoms with E-state index >= 15 is 0 Å². The number of hydrogen-bond donors (Lipinski definition) is 3. The molecule has 3 N–H and O–H groups in total. The highest BCUT2D eigenvalue weighted by atomic mass is 127. The highest BCUT2D eigenvalue weighted by Gasteiger charge is 2.09. The van der Waals surface area contributed by atoms with Crippen LogP contribution in [0.2, 0.25) is 0 Å². The molecule has 0 fully saturated rings. The molecule has 144 valence electrons. The van der Waals surface area contributed by atoms with Crippen molar-refractivity contribution in [3.8, 4) is 17.3 Å². The van der Waals surface area contributed by atoms with Crippen molar-refractivity contribution in [3.63, 3.8) is 0 Å². The number of benzene rings is 1. The molecule has 27 heavy (non-hydrogen) atoms. The lowest BCUT2D eigenvalue weighted by molar-refractivity contribution is 0.410. The van der Waals surface area contributed by atoms with Gasteiger partial charge in [-0.3, -0.25) is 5.10 Å². The number of para-hydroxylation sites is 1. The average molecular weight is 482 g/mol. The Morgan fingerprint density at radius 1 is 1.22 bits per heavy atom. The van der Waals surface area contributed by atoms with Gasteiger partial charge in [0.25, 0.3) is 0 Å². The van der Waals surface area contributed by atoms with Gasteiger partial charge in [0, 0.05) is 12.1 Å². The predicted octanol–water partition coefficient (Wildman–Crippen LogP) is 2.95. The van der Waals surface area contributed by atoms with Gasteiger partial charge in [-0.15, -0.1) is 29.1 Å². The molecule has 0 saturated heterocycles. The fourth-order valence-electron chi connectivity index (χ4n) is 2.40. The molecular formula is C18H23IN6O2. The summed E-state index contributed by atoms with van der Waals surface area (Å²) in [4.78, 5) is 9.00. The van der Waals surface area contributed by atoms with E-state index in [-0.39, 0.29) is 24.0 Å². The number of nitrogens with one attached hydrogen (secondary N) is 3. The Hall–Kier alpha value is -2.56. The van der Waals surface area contributed by atoms with Gasteiger partial charge in [-0.1, -0.05) is 18.2 Å². The number of rotatable bonds is 7. The van der Waals surface area contributed by atoms with E-state index in [0.717, 1.165) is 17.9 Å². The lowest BCUT2D eigenvalue weighted by atomic mass is 10.2. The quantitative estimate of drug-likeness (QED) is 0.272. The minimum absolute atomic E-state index is 0. The predicted molar refractivity (Wildman–Crippen MR) is 114 cm³/mol. The molecule has 0 amide bonds. The Bertz CT molecular complexity index is 847. The van der Waals surface area contributed by atoms with Crippen molar-refractivity contribution in [3.05, 3.63) is 54.0 Å². The second-order valence-corrected chi connectivity index (χ2v) is 5.44. The third kappa shape index (κ3) is 5.71. The summed E-state index contributed by atoms with van der Waals surface area (Å²) in [5, 5.41) is 13.5. The topological polar surface area (TPSA) is 100 Å². The lowest BCUT2D eigenvalue weighted by Crippen LogP contribution is -2.37. The smallest absolute Gasteiger partial charge is 0.216 e. The van der Waals surface area contributed by atoms with E-state index < -0.39 is 0 Å². The number of ether oxygens (including phenoxy) is 1. The summed E-state index contributed by atoms with van der Waals surface area (Å²) in [6, 6.07) is 11.5. The third-order valence-electron chi connectivity index (χ3n) is 3.64. The number of methoxy groups -OCH3 is 1. The zero-order valence-electron chi connectivity index (χ0n) is 15.2. The van der Waals surface area contributed by atoms with E-state index in [9.17, 15) is 0 Å². The van der Waals surface area contributed by atoms with Crippen molar-refractivity contribution in [1.82, 2.24) is 25.8 Å². The minimum Gasteiger partial charge on any atom is -0.496 e. The van der Waals surface area contributed by atoms with Crippen molar-refractivity contribution < 1.29 is 9.15 Å². The Labute approximate surface area is 174 Å². The molecule has 9 heteroatoms. The van der Waals surface area contributed by atoms with Crippen molar-refractivity contribution >= 4 is 29.9 Å². The van der Waals surface area contributed by atoms with Crippen molar-refractivity contribution in [2.24, 2.45) is 4.99 Å². The van der Waals surface area contributed by atoms with Gasteiger partial charge in [-0.05, 0) is 25.1 Å². The van der Waals surface area contributed by atoms with Crippen LogP contribution in [0.1, 0.15) is 18.3 Å². The summed E-state index contributed by atoms with van der Waals surface area (Å²) in [6.45, 7) is 3.74. The monoisotopic (exact) mass is 482 g/mol. The van der Waals surface area contributed by atoms with E-state index in [1.165, 1.54) is 0 Å². The first-order valence-corrected chi connectivity index (χ1v) is 8.39. The highest BCUT2D eigenvalue weighted by molar-refractivity contribution is 14.0. The summed E-state index contributed by atoms with van der Waals surface area (Å²) in [6.07, 6.45) is 1.59. The molecule has 0 unspecified atom stereocenters. The molecule has 3 rings (SSSR count). The maximum absolute atomic E-state index is 5.36. The molecule has 1 aromatic carbocycles. The van der Waals surface area contributed by atoms with E-state index in [4.69, 9.17) is 9.15 Å². The number of halogens is 1. The number of aromatic amines is 1. The van der Waals surface area contributed by atoms with Crippen LogP contribution in [0.5, 0.6) is 5.75 Å². The molecule has 2 aromatic heterocycles. The van der Waals surface area contributed by atoms with Crippen molar-refractivity contribution in [2.75, 3.05) is 13.7 Å². The van der Waals surface area contributed by atoms with Crippen LogP contribution in [0.3, 0.4) is 0 Å². The Balaban J connectivity index is 0.00000261. The summed E-state index contributed by atoms with van der Waals surface area (Å²) in [7, 11) is 1.66. The van der Waals surface area contributed by atoms with Crippen LogP contribution >= 0.6 is 24.0 Å². The van der Waals surface area contributed by atoms with Gasteiger partial charge in [-0.25, -0.2) is 9.98 Å². The number of hydrogen-bond acceptors (Lipinski definition) is 5. The van der Waals surface area contributed by atoms with Crippen LogP contribution in [-0.2, 0) is 13.1 Å². The first-order valence-electron chi connectivity index (χ1n) is 8.39. The highest BCUT2D eigenvalue weighted by Crippen LogP contribution is 2.18. The standard InChI is InChI=1S/C18H22N6O2.HI/c1-3-19-18(20-11-13-7-4-5-8-14(13)25-2)21-12-16-22-17(24-23-16)15-9-6-10-26-15;/h4-10H,3,11-12H2,1-2H3,(H2,19,20,21)(H,22,23,24);1H. The average Bonchev–Trinajstić information content (AvgIpc) is 3.35. The fraction of sp³-hybridized carbons (Fsp3) is 0.278. The summed E-state index contributed by atoms with van der Waals surface area (Å²) in [5.41, 5.74) is 1.02. The number of aromatic nitrogens is 3. The van der Waals surface area contributed by atoms with E-state index in [1.807, 2.05) is 37.3 Å². The number of guanidine groups is 1. The van der Waals surface area contributed by atoms with Gasteiger partial charge in [0.2, 0.25) is 5.82 Å². The molecule has 0 saturated carbocycles. The molecule has 0 bridgehead atoms. The molecule has 2 heterocycles. The van der Waals surface area contributed by atoms with Crippen LogP contribution in [0.4, 0.5) is 0 Å². The lowest BCUT2D eigenvalue weighted by Gasteiger charge is -2.11. The molecule has 3 aromatic rings. The van der Waals surface area contributed by atoms with E-state index in [1.54, 1.807) is 19.4 Å². The van der Waals surface area contributed by atoms with Gasteiger partial charge >= 0.3 is 0 Å². The third-order valence-corrected chi connectivity index (χ3v) is 3.64. The molecular weight excluding hydrogens is 459 g/mol. The largest absolute Gasteiger partial charge is 0.496 e. The number of aliphatic imine (C=N–C) groups is 1. The van der Waals surface area contributed by atoms with Crippen LogP contribution in [0.25, 0.3) is 11.6 Å². The van der Waals surface area contributed by atoms with Crippen LogP contribution in [-0.4, -0.2) is 34.8 Å². The second kappa shape index (κ2) is 10.6. The van der Waals surface area contributed by atoms with Gasteiger partial charge in [0.15, 0.2) is 11.7 Å². The van der Waals surface area contributed by atoms with Gasteiger partial charge in [-0.2, -0.15) is 0 Å². The van der Waals surface area contributed by atoms with Crippen molar-refractivity contribution in [1.29, 1.82) is 0 Å². The zero-order valence-corrected chi connectivity index (χ0v) is 17.6. The normalized spacial score (nSPS) is 11.0. The molecule has 0 aliphatic rings.